The lowest BCUT2D eigenvalue weighted by molar-refractivity contribution is 0.414. The molecule has 0 aliphatic rings. The molecule has 0 saturated carbocycles. The first-order valence-electron chi connectivity index (χ1n) is 8.80. The molecule has 0 amide bonds. The lowest BCUT2D eigenvalue weighted by Gasteiger charge is -2.05. The third-order valence-corrected chi connectivity index (χ3v) is 4.53. The molecule has 0 N–H and O–H groups in total. The van der Waals surface area contributed by atoms with Crippen molar-refractivity contribution < 1.29 is 13.5 Å². The molecule has 0 unspecified atom stereocenters. The van der Waals surface area contributed by atoms with Crippen molar-refractivity contribution >= 4 is 0 Å². The zero-order valence-electron chi connectivity index (χ0n) is 15.0. The van der Waals surface area contributed by atoms with Crippen LogP contribution in [0.25, 0.3) is 22.6 Å². The molecular weight excluding hydrogens is 339 g/mol. The van der Waals surface area contributed by atoms with Gasteiger partial charge in [0.05, 0.1) is 7.11 Å². The van der Waals surface area contributed by atoms with E-state index < -0.39 is 0 Å². The number of methoxy groups -OCH3 is 1. The molecule has 134 valence electrons. The number of ether oxygens (including phenoxy) is 1. The second-order valence-corrected chi connectivity index (χ2v) is 6.36. The number of hydrogen-bond acceptors (Lipinski definition) is 2. The first kappa shape index (κ1) is 17.1. The molecule has 3 aromatic carbocycles. The van der Waals surface area contributed by atoms with Gasteiger partial charge in [-0.15, -0.1) is 0 Å². The van der Waals surface area contributed by atoms with E-state index in [9.17, 15) is 4.39 Å². The number of hydrogen-bond donors (Lipinski definition) is 0. The van der Waals surface area contributed by atoms with Crippen molar-refractivity contribution in [3.8, 4) is 28.4 Å². The van der Waals surface area contributed by atoms with Gasteiger partial charge in [0.25, 0.3) is 0 Å². The molecular formula is C24H19FO2. The smallest absolute Gasteiger partial charge is 0.138 e. The fraction of sp³-hybridized carbons (Fsp3) is 0.0833. The Kier molecular flexibility index (Phi) is 4.75. The van der Waals surface area contributed by atoms with Gasteiger partial charge in [0.15, 0.2) is 0 Å². The van der Waals surface area contributed by atoms with E-state index in [-0.39, 0.29) is 5.82 Å². The topological polar surface area (TPSA) is 22.4 Å². The lowest BCUT2D eigenvalue weighted by atomic mass is 10.0. The van der Waals surface area contributed by atoms with Gasteiger partial charge in [-0.3, -0.25) is 0 Å². The maximum atomic E-state index is 13.3. The van der Waals surface area contributed by atoms with Gasteiger partial charge in [0, 0.05) is 23.1 Å². The second kappa shape index (κ2) is 7.50. The first-order chi connectivity index (χ1) is 13.2. The quantitative estimate of drug-likeness (QED) is 0.415. The van der Waals surface area contributed by atoms with Crippen LogP contribution in [0.1, 0.15) is 11.1 Å². The van der Waals surface area contributed by atoms with Gasteiger partial charge in [-0.25, -0.2) is 4.39 Å². The van der Waals surface area contributed by atoms with E-state index >= 15 is 0 Å². The van der Waals surface area contributed by atoms with Gasteiger partial charge in [0.2, 0.25) is 0 Å². The average Bonchev–Trinajstić information content (AvgIpc) is 3.13. The molecule has 27 heavy (non-hydrogen) atoms. The predicted octanol–water partition coefficient (Wildman–Crippen LogP) is 6.35. The average molecular weight is 358 g/mol. The van der Waals surface area contributed by atoms with Crippen molar-refractivity contribution in [3.05, 3.63) is 102 Å². The van der Waals surface area contributed by atoms with E-state index in [0.29, 0.717) is 6.42 Å². The Morgan fingerprint density at radius 3 is 2.19 bits per heavy atom. The molecule has 2 nitrogen and oxygen atoms in total. The van der Waals surface area contributed by atoms with Crippen LogP contribution >= 0.6 is 0 Å². The third-order valence-electron chi connectivity index (χ3n) is 4.53. The Morgan fingerprint density at radius 1 is 0.815 bits per heavy atom. The minimum Gasteiger partial charge on any atom is -0.497 e. The van der Waals surface area contributed by atoms with Crippen LogP contribution in [-0.2, 0) is 6.42 Å². The highest BCUT2D eigenvalue weighted by molar-refractivity contribution is 5.69. The monoisotopic (exact) mass is 358 g/mol. The molecule has 0 bridgehead atoms. The standard InChI is InChI=1S/C24H19FO2/c1-26-22-13-7-17(8-14-22)15-20-16-23(18-5-3-2-4-6-18)27-24(20)19-9-11-21(25)12-10-19/h2-14,16H,15H2,1H3. The fourth-order valence-corrected chi connectivity index (χ4v) is 3.11. The van der Waals surface area contributed by atoms with Crippen LogP contribution in [-0.4, -0.2) is 7.11 Å². The summed E-state index contributed by atoms with van der Waals surface area (Å²) >= 11 is 0. The highest BCUT2D eigenvalue weighted by Gasteiger charge is 2.15. The van der Waals surface area contributed by atoms with Gasteiger partial charge in [-0.1, -0.05) is 42.5 Å². The SMILES string of the molecule is COc1ccc(Cc2cc(-c3ccccc3)oc2-c2ccc(F)cc2)cc1. The summed E-state index contributed by atoms with van der Waals surface area (Å²) in [5.41, 5.74) is 4.09. The molecule has 4 aromatic rings. The van der Waals surface area contributed by atoms with Crippen LogP contribution < -0.4 is 4.74 Å². The summed E-state index contributed by atoms with van der Waals surface area (Å²) < 4.78 is 24.8. The number of rotatable bonds is 5. The highest BCUT2D eigenvalue weighted by atomic mass is 19.1. The Bertz CT molecular complexity index is 1020. The van der Waals surface area contributed by atoms with E-state index in [1.807, 2.05) is 54.6 Å². The molecule has 0 atom stereocenters. The predicted molar refractivity (Wildman–Crippen MR) is 105 cm³/mol. The molecule has 0 radical (unpaired) electrons. The second-order valence-electron chi connectivity index (χ2n) is 6.36. The maximum absolute atomic E-state index is 13.3. The largest absolute Gasteiger partial charge is 0.497 e. The molecule has 3 heteroatoms. The molecule has 0 spiro atoms. The van der Waals surface area contributed by atoms with Gasteiger partial charge >= 0.3 is 0 Å². The molecule has 0 saturated heterocycles. The highest BCUT2D eigenvalue weighted by Crippen LogP contribution is 2.34. The Balaban J connectivity index is 1.75. The third kappa shape index (κ3) is 3.77. The van der Waals surface area contributed by atoms with Crippen LogP contribution in [0, 0.1) is 5.82 Å². The fourth-order valence-electron chi connectivity index (χ4n) is 3.11. The van der Waals surface area contributed by atoms with Crippen LogP contribution in [0.3, 0.4) is 0 Å². The summed E-state index contributed by atoms with van der Waals surface area (Å²) in [6, 6.07) is 26.5. The molecule has 1 aromatic heterocycles. The zero-order valence-corrected chi connectivity index (χ0v) is 15.0. The van der Waals surface area contributed by atoms with E-state index in [0.717, 1.165) is 39.5 Å². The van der Waals surface area contributed by atoms with E-state index in [2.05, 4.69) is 6.07 Å². The normalized spacial score (nSPS) is 10.7. The summed E-state index contributed by atoms with van der Waals surface area (Å²) in [5.74, 6) is 2.14. The van der Waals surface area contributed by atoms with Crippen LogP contribution in [0.15, 0.2) is 89.3 Å². The molecule has 4 rings (SSSR count). The zero-order chi connectivity index (χ0) is 18.6. The maximum Gasteiger partial charge on any atom is 0.138 e. The summed E-state index contributed by atoms with van der Waals surface area (Å²) in [6.07, 6.45) is 0.715. The minimum atomic E-state index is -0.259. The van der Waals surface area contributed by atoms with Crippen molar-refractivity contribution in [3.63, 3.8) is 0 Å². The van der Waals surface area contributed by atoms with Gasteiger partial charge < -0.3 is 9.15 Å². The Hall–Kier alpha value is -3.33. The lowest BCUT2D eigenvalue weighted by Crippen LogP contribution is -1.90. The van der Waals surface area contributed by atoms with Crippen molar-refractivity contribution in [1.82, 2.24) is 0 Å². The van der Waals surface area contributed by atoms with E-state index in [1.165, 1.54) is 12.1 Å². The molecule has 0 aliphatic heterocycles. The number of benzene rings is 3. The number of halogens is 1. The summed E-state index contributed by atoms with van der Waals surface area (Å²) in [5, 5.41) is 0. The molecule has 1 heterocycles. The van der Waals surface area contributed by atoms with E-state index in [4.69, 9.17) is 9.15 Å². The number of furan rings is 1. The van der Waals surface area contributed by atoms with Crippen molar-refractivity contribution in [2.45, 2.75) is 6.42 Å². The first-order valence-corrected chi connectivity index (χ1v) is 8.80. The summed E-state index contributed by atoms with van der Waals surface area (Å²) in [6.45, 7) is 0. The van der Waals surface area contributed by atoms with E-state index in [1.54, 1.807) is 19.2 Å². The van der Waals surface area contributed by atoms with Gasteiger partial charge in [-0.2, -0.15) is 0 Å². The van der Waals surface area contributed by atoms with Crippen LogP contribution in [0.2, 0.25) is 0 Å². The molecule has 0 fully saturated rings. The minimum absolute atomic E-state index is 0.259. The van der Waals surface area contributed by atoms with Crippen LogP contribution in [0.5, 0.6) is 5.75 Å². The van der Waals surface area contributed by atoms with Crippen molar-refractivity contribution in [1.29, 1.82) is 0 Å². The van der Waals surface area contributed by atoms with Gasteiger partial charge in [0.1, 0.15) is 23.1 Å². The molecule has 0 aliphatic carbocycles. The van der Waals surface area contributed by atoms with Gasteiger partial charge in [-0.05, 0) is 48.0 Å². The Morgan fingerprint density at radius 2 is 1.52 bits per heavy atom. The summed E-state index contributed by atoms with van der Waals surface area (Å²) in [7, 11) is 1.66. The summed E-state index contributed by atoms with van der Waals surface area (Å²) in [4.78, 5) is 0. The van der Waals surface area contributed by atoms with Crippen molar-refractivity contribution in [2.75, 3.05) is 7.11 Å². The Labute approximate surface area is 157 Å². The van der Waals surface area contributed by atoms with Crippen molar-refractivity contribution in [2.24, 2.45) is 0 Å². The van der Waals surface area contributed by atoms with Crippen LogP contribution in [0.4, 0.5) is 4.39 Å².